The highest BCUT2D eigenvalue weighted by Gasteiger charge is 2.48. The van der Waals surface area contributed by atoms with Crippen LogP contribution in [-0.4, -0.2) is 48.7 Å². The molecule has 9 nitrogen and oxygen atoms in total. The first-order chi connectivity index (χ1) is 21.4. The monoisotopic (exact) mass is 616 g/mol. The molecule has 0 radical (unpaired) electrons. The summed E-state index contributed by atoms with van der Waals surface area (Å²) < 4.78 is 23.7. The van der Waals surface area contributed by atoms with Crippen LogP contribution in [0.15, 0.2) is 66.2 Å². The fraction of sp³-hybridized carbons (Fsp3) is 0.324. The molecular formula is C34H36N2O7S. The maximum atomic E-state index is 13.8. The molecule has 2 heterocycles. The molecule has 0 bridgehead atoms. The Hall–Kier alpha value is -4.57. The lowest BCUT2D eigenvalue weighted by molar-refractivity contribution is -0.132. The van der Waals surface area contributed by atoms with E-state index in [9.17, 15) is 14.7 Å². The van der Waals surface area contributed by atoms with Gasteiger partial charge in [-0.15, -0.1) is 0 Å². The summed E-state index contributed by atoms with van der Waals surface area (Å²) >= 11 is 1.26. The number of ether oxygens (including phenoxy) is 4. The zero-order valence-electron chi connectivity index (χ0n) is 25.3. The van der Waals surface area contributed by atoms with Crippen molar-refractivity contribution in [1.82, 2.24) is 4.98 Å². The number of nitrogens with zero attached hydrogens (tertiary/aromatic N) is 2. The number of unbranched alkanes of at least 4 members (excludes halogenated alkanes) is 2. The fourth-order valence-electron chi connectivity index (χ4n) is 5.12. The van der Waals surface area contributed by atoms with Gasteiger partial charge in [0.1, 0.15) is 17.3 Å². The van der Waals surface area contributed by atoms with Crippen molar-refractivity contribution in [2.45, 2.75) is 46.1 Å². The minimum Gasteiger partial charge on any atom is -0.507 e. The van der Waals surface area contributed by atoms with Crippen LogP contribution in [0.2, 0.25) is 0 Å². The number of anilines is 1. The average molecular weight is 617 g/mol. The van der Waals surface area contributed by atoms with Crippen molar-refractivity contribution >= 4 is 44.1 Å². The lowest BCUT2D eigenvalue weighted by Gasteiger charge is -2.24. The van der Waals surface area contributed by atoms with E-state index < -0.39 is 17.7 Å². The summed E-state index contributed by atoms with van der Waals surface area (Å²) in [4.78, 5) is 33.5. The number of hydrogen-bond donors (Lipinski definition) is 1. The second kappa shape index (κ2) is 13.8. The number of Topliss-reactive ketones (excluding diaryl/α,β-unsaturated/α-hetero) is 1. The summed E-state index contributed by atoms with van der Waals surface area (Å²) in [6, 6.07) is 16.5. The van der Waals surface area contributed by atoms with Crippen LogP contribution in [0.1, 0.15) is 57.2 Å². The van der Waals surface area contributed by atoms with E-state index in [1.165, 1.54) is 16.2 Å². The van der Waals surface area contributed by atoms with Crippen molar-refractivity contribution in [2.24, 2.45) is 0 Å². The van der Waals surface area contributed by atoms with E-state index in [1.807, 2.05) is 19.9 Å². The number of aromatic nitrogens is 1. The zero-order chi connectivity index (χ0) is 31.2. The van der Waals surface area contributed by atoms with Crippen LogP contribution in [0, 0.1) is 0 Å². The van der Waals surface area contributed by atoms with Crippen LogP contribution in [0.5, 0.6) is 23.0 Å². The van der Waals surface area contributed by atoms with Crippen molar-refractivity contribution in [3.8, 4) is 23.0 Å². The third-order valence-electron chi connectivity index (χ3n) is 7.26. The number of carbonyl (C=O) groups excluding carboxylic acids is 2. The molecule has 230 valence electrons. The molecular weight excluding hydrogens is 580 g/mol. The maximum Gasteiger partial charge on any atom is 0.301 e. The van der Waals surface area contributed by atoms with Gasteiger partial charge in [0.2, 0.25) is 0 Å². The molecule has 44 heavy (non-hydrogen) atoms. The number of thiazole rings is 1. The molecule has 4 aromatic rings. The third kappa shape index (κ3) is 6.21. The van der Waals surface area contributed by atoms with Crippen LogP contribution in [0.4, 0.5) is 5.13 Å². The van der Waals surface area contributed by atoms with Crippen LogP contribution >= 0.6 is 11.3 Å². The molecule has 1 amide bonds. The van der Waals surface area contributed by atoms with E-state index >= 15 is 0 Å². The number of carbonyl (C=O) groups is 2. The highest BCUT2D eigenvalue weighted by Crippen LogP contribution is 2.46. The van der Waals surface area contributed by atoms with Crippen LogP contribution in [0.3, 0.4) is 0 Å². The average Bonchev–Trinajstić information content (AvgIpc) is 3.57. The summed E-state index contributed by atoms with van der Waals surface area (Å²) in [5, 5.41) is 11.9. The Morgan fingerprint density at radius 3 is 2.34 bits per heavy atom. The Labute approximate surface area is 260 Å². The SMILES string of the molecule is CCCCCOc1ccc(C2/C(=C(\O)c3ccc(OCC)cc3)C(=O)C(=O)N2c2nc3ccc(OC)cc3s2)cc1OCC. The summed E-state index contributed by atoms with van der Waals surface area (Å²) in [6.45, 7) is 7.31. The molecule has 1 aromatic heterocycles. The minimum atomic E-state index is -0.975. The summed E-state index contributed by atoms with van der Waals surface area (Å²) in [7, 11) is 1.58. The van der Waals surface area contributed by atoms with Gasteiger partial charge in [0.25, 0.3) is 5.78 Å². The molecule has 1 unspecified atom stereocenters. The van der Waals surface area contributed by atoms with Crippen molar-refractivity contribution in [1.29, 1.82) is 0 Å². The molecule has 0 saturated carbocycles. The van der Waals surface area contributed by atoms with Gasteiger partial charge in [0.05, 0.1) is 48.8 Å². The minimum absolute atomic E-state index is 0.0462. The Morgan fingerprint density at radius 1 is 0.886 bits per heavy atom. The number of aliphatic hydroxyl groups excluding tert-OH is 1. The van der Waals surface area contributed by atoms with Gasteiger partial charge < -0.3 is 24.1 Å². The first-order valence-electron chi connectivity index (χ1n) is 14.8. The van der Waals surface area contributed by atoms with Gasteiger partial charge in [-0.2, -0.15) is 0 Å². The van der Waals surface area contributed by atoms with Gasteiger partial charge in [0.15, 0.2) is 16.6 Å². The van der Waals surface area contributed by atoms with Gasteiger partial charge in [-0.3, -0.25) is 14.5 Å². The predicted molar refractivity (Wildman–Crippen MR) is 171 cm³/mol. The first kappa shape index (κ1) is 30.9. The molecule has 1 fully saturated rings. The number of hydrogen-bond acceptors (Lipinski definition) is 9. The van der Waals surface area contributed by atoms with Gasteiger partial charge in [0, 0.05) is 5.56 Å². The van der Waals surface area contributed by atoms with Gasteiger partial charge in [-0.1, -0.05) is 37.2 Å². The fourth-order valence-corrected chi connectivity index (χ4v) is 6.14. The molecule has 5 rings (SSSR count). The molecule has 0 spiro atoms. The van der Waals surface area contributed by atoms with Gasteiger partial charge >= 0.3 is 5.91 Å². The van der Waals surface area contributed by atoms with E-state index in [0.29, 0.717) is 64.6 Å². The Kier molecular flexibility index (Phi) is 9.69. The van der Waals surface area contributed by atoms with E-state index in [4.69, 9.17) is 23.9 Å². The van der Waals surface area contributed by atoms with E-state index in [0.717, 1.165) is 24.0 Å². The molecule has 1 saturated heterocycles. The van der Waals surface area contributed by atoms with Crippen molar-refractivity contribution in [2.75, 3.05) is 31.8 Å². The van der Waals surface area contributed by atoms with E-state index in [1.54, 1.807) is 61.7 Å². The third-order valence-corrected chi connectivity index (χ3v) is 8.28. The summed E-state index contributed by atoms with van der Waals surface area (Å²) in [5.74, 6) is 0.450. The van der Waals surface area contributed by atoms with Crippen molar-refractivity contribution in [3.63, 3.8) is 0 Å². The van der Waals surface area contributed by atoms with Gasteiger partial charge in [-0.05, 0) is 80.4 Å². The molecule has 1 atom stereocenters. The number of rotatable bonds is 13. The Bertz CT molecular complexity index is 1680. The maximum absolute atomic E-state index is 13.8. The predicted octanol–water partition coefficient (Wildman–Crippen LogP) is 7.30. The second-order valence-corrected chi connectivity index (χ2v) is 11.2. The summed E-state index contributed by atoms with van der Waals surface area (Å²) in [6.07, 6.45) is 3.04. The van der Waals surface area contributed by atoms with Crippen LogP contribution in [0.25, 0.3) is 16.0 Å². The number of benzene rings is 3. The second-order valence-electron chi connectivity index (χ2n) is 10.2. The molecule has 0 aliphatic carbocycles. The number of fused-ring (bicyclic) bond motifs is 1. The Morgan fingerprint density at radius 2 is 1.64 bits per heavy atom. The molecule has 1 aliphatic rings. The topological polar surface area (TPSA) is 107 Å². The smallest absolute Gasteiger partial charge is 0.301 e. The number of methoxy groups -OCH3 is 1. The number of amides is 1. The van der Waals surface area contributed by atoms with E-state index in [2.05, 4.69) is 6.92 Å². The van der Waals surface area contributed by atoms with E-state index in [-0.39, 0.29) is 11.3 Å². The molecule has 1 N–H and O–H groups in total. The lowest BCUT2D eigenvalue weighted by atomic mass is 9.95. The van der Waals surface area contributed by atoms with Crippen LogP contribution < -0.4 is 23.8 Å². The highest BCUT2D eigenvalue weighted by atomic mass is 32.1. The van der Waals surface area contributed by atoms with Crippen molar-refractivity contribution < 1.29 is 33.6 Å². The molecule has 1 aliphatic heterocycles. The normalized spacial score (nSPS) is 16.0. The standard InChI is InChI=1S/C34H36N2O7S/c1-5-8-9-18-43-26-17-12-22(19-27(26)42-7-3)30-29(31(37)21-10-13-23(14-11-21)41-6-2)32(38)33(39)36(30)34-35-25-16-15-24(40-4)20-28(25)44-34/h10-17,19-20,30,37H,5-9,18H2,1-4H3/b31-29+. The molecule has 3 aromatic carbocycles. The van der Waals surface area contributed by atoms with Crippen LogP contribution in [-0.2, 0) is 9.59 Å². The molecule has 10 heteroatoms. The van der Waals surface area contributed by atoms with Gasteiger partial charge in [-0.25, -0.2) is 4.98 Å². The first-order valence-corrected chi connectivity index (χ1v) is 15.6. The number of aliphatic hydroxyl groups is 1. The summed E-state index contributed by atoms with van der Waals surface area (Å²) in [5.41, 5.74) is 1.56. The van der Waals surface area contributed by atoms with Crippen molar-refractivity contribution in [3.05, 3.63) is 77.4 Å². The lowest BCUT2D eigenvalue weighted by Crippen LogP contribution is -2.29. The zero-order valence-corrected chi connectivity index (χ0v) is 26.1. The quantitative estimate of drug-likeness (QED) is 0.0722. The Balaban J connectivity index is 1.64. The number of ketones is 1. The highest BCUT2D eigenvalue weighted by molar-refractivity contribution is 7.22. The largest absolute Gasteiger partial charge is 0.507 e.